The van der Waals surface area contributed by atoms with Crippen LogP contribution in [0.5, 0.6) is 0 Å². The number of hydrogen-bond donors (Lipinski definition) is 2. The Morgan fingerprint density at radius 1 is 1.04 bits per heavy atom. The van der Waals surface area contributed by atoms with Crippen molar-refractivity contribution in [1.82, 2.24) is 20.0 Å². The van der Waals surface area contributed by atoms with Crippen LogP contribution >= 0.6 is 0 Å². The zero-order valence-corrected chi connectivity index (χ0v) is 15.8. The first-order valence-corrected chi connectivity index (χ1v) is 9.91. The second kappa shape index (κ2) is 9.71. The zero-order chi connectivity index (χ0) is 19.1. The second-order valence-corrected chi connectivity index (χ2v) is 7.33. The summed E-state index contributed by atoms with van der Waals surface area (Å²) in [5.74, 6) is 0.0272. The summed E-state index contributed by atoms with van der Waals surface area (Å²) >= 11 is 0. The Balaban J connectivity index is 1.33. The Kier molecular flexibility index (Phi) is 7.06. The molecule has 2 fully saturated rings. The number of urea groups is 1. The lowest BCUT2D eigenvalue weighted by atomic mass is 10.1. The van der Waals surface area contributed by atoms with E-state index in [1.807, 2.05) is 30.3 Å². The molecule has 7 heteroatoms. The maximum Gasteiger partial charge on any atom is 0.317 e. The predicted molar refractivity (Wildman–Crippen MR) is 104 cm³/mol. The van der Waals surface area contributed by atoms with Crippen molar-refractivity contribution in [2.24, 2.45) is 0 Å². The number of likely N-dealkylation sites (tertiary alicyclic amines) is 1. The van der Waals surface area contributed by atoms with Crippen LogP contribution in [0.25, 0.3) is 0 Å². The van der Waals surface area contributed by atoms with Crippen molar-refractivity contribution in [2.75, 3.05) is 52.4 Å². The third kappa shape index (κ3) is 5.68. The van der Waals surface area contributed by atoms with E-state index in [4.69, 9.17) is 0 Å². The number of carbonyl (C=O) groups is 2. The molecule has 0 bridgehead atoms. The third-order valence-corrected chi connectivity index (χ3v) is 5.28. The molecule has 2 heterocycles. The van der Waals surface area contributed by atoms with Crippen molar-refractivity contribution in [1.29, 1.82) is 0 Å². The highest BCUT2D eigenvalue weighted by molar-refractivity contribution is 5.94. The van der Waals surface area contributed by atoms with Gasteiger partial charge in [0.05, 0.1) is 6.10 Å². The summed E-state index contributed by atoms with van der Waals surface area (Å²) in [5, 5.41) is 12.7. The van der Waals surface area contributed by atoms with E-state index in [1.54, 1.807) is 9.80 Å². The highest BCUT2D eigenvalue weighted by atomic mass is 16.3. The number of benzene rings is 1. The number of rotatable bonds is 5. The summed E-state index contributed by atoms with van der Waals surface area (Å²) in [6.07, 6.45) is 2.61. The maximum atomic E-state index is 12.4. The first-order chi connectivity index (χ1) is 13.1. The number of β-amino-alcohol motifs (C(OH)–C–C–N with tert-alkyl or cyclic N) is 1. The van der Waals surface area contributed by atoms with Gasteiger partial charge in [0.2, 0.25) is 0 Å². The minimum atomic E-state index is -0.205. The molecule has 3 amide bonds. The number of piperazine rings is 1. The molecule has 1 aromatic carbocycles. The first kappa shape index (κ1) is 19.6. The molecule has 148 valence electrons. The fourth-order valence-corrected chi connectivity index (χ4v) is 3.72. The summed E-state index contributed by atoms with van der Waals surface area (Å²) in [7, 11) is 0. The highest BCUT2D eigenvalue weighted by Crippen LogP contribution is 2.10. The molecule has 1 aromatic rings. The van der Waals surface area contributed by atoms with Crippen molar-refractivity contribution in [3.05, 3.63) is 35.9 Å². The summed E-state index contributed by atoms with van der Waals surface area (Å²) in [6, 6.07) is 9.21. The molecular weight excluding hydrogens is 344 g/mol. The van der Waals surface area contributed by atoms with Crippen LogP contribution in [0.2, 0.25) is 0 Å². The van der Waals surface area contributed by atoms with E-state index in [1.165, 1.54) is 0 Å². The van der Waals surface area contributed by atoms with Gasteiger partial charge < -0.3 is 25.1 Å². The molecule has 0 spiro atoms. The van der Waals surface area contributed by atoms with Crippen LogP contribution in [0.15, 0.2) is 30.3 Å². The lowest BCUT2D eigenvalue weighted by molar-refractivity contribution is 0.0663. The Labute approximate surface area is 160 Å². The number of carbonyl (C=O) groups excluding carboxylic acids is 2. The summed E-state index contributed by atoms with van der Waals surface area (Å²) < 4.78 is 0. The number of aliphatic hydroxyl groups excluding tert-OH is 1. The largest absolute Gasteiger partial charge is 0.392 e. The number of amides is 3. The Morgan fingerprint density at radius 3 is 2.44 bits per heavy atom. The highest BCUT2D eigenvalue weighted by Gasteiger charge is 2.24. The smallest absolute Gasteiger partial charge is 0.317 e. The predicted octanol–water partition coefficient (Wildman–Crippen LogP) is 1.00. The van der Waals surface area contributed by atoms with Gasteiger partial charge >= 0.3 is 6.03 Å². The van der Waals surface area contributed by atoms with Crippen molar-refractivity contribution in [3.8, 4) is 0 Å². The molecule has 2 N–H and O–H groups in total. The molecule has 0 aliphatic carbocycles. The van der Waals surface area contributed by atoms with Crippen LogP contribution in [0.3, 0.4) is 0 Å². The fraction of sp³-hybridized carbons (Fsp3) is 0.600. The first-order valence-electron chi connectivity index (χ1n) is 9.91. The molecule has 0 aromatic heterocycles. The molecule has 1 atom stereocenters. The summed E-state index contributed by atoms with van der Waals surface area (Å²) in [4.78, 5) is 30.6. The average molecular weight is 374 g/mol. The minimum Gasteiger partial charge on any atom is -0.392 e. The van der Waals surface area contributed by atoms with E-state index in [9.17, 15) is 14.7 Å². The monoisotopic (exact) mass is 374 g/mol. The van der Waals surface area contributed by atoms with E-state index in [0.29, 0.717) is 38.3 Å². The second-order valence-electron chi connectivity index (χ2n) is 7.33. The van der Waals surface area contributed by atoms with E-state index in [0.717, 1.165) is 38.9 Å². The maximum absolute atomic E-state index is 12.4. The topological polar surface area (TPSA) is 76.1 Å². The molecule has 2 aliphatic heterocycles. The van der Waals surface area contributed by atoms with Gasteiger partial charge in [0.15, 0.2) is 0 Å². The van der Waals surface area contributed by atoms with Gasteiger partial charge in [-0.15, -0.1) is 0 Å². The number of aliphatic hydroxyl groups is 1. The molecule has 2 aliphatic rings. The van der Waals surface area contributed by atoms with Crippen LogP contribution in [-0.4, -0.2) is 90.2 Å². The van der Waals surface area contributed by atoms with Crippen LogP contribution < -0.4 is 5.32 Å². The van der Waals surface area contributed by atoms with Gasteiger partial charge in [-0.2, -0.15) is 0 Å². The molecule has 0 saturated carbocycles. The molecular formula is C20H30N4O3. The zero-order valence-electron chi connectivity index (χ0n) is 15.8. The molecule has 2 saturated heterocycles. The number of piperidine rings is 1. The molecule has 3 rings (SSSR count). The van der Waals surface area contributed by atoms with Crippen LogP contribution in [-0.2, 0) is 0 Å². The van der Waals surface area contributed by atoms with E-state index >= 15 is 0 Å². The van der Waals surface area contributed by atoms with Gasteiger partial charge in [-0.05, 0) is 44.5 Å². The van der Waals surface area contributed by atoms with Gasteiger partial charge in [-0.1, -0.05) is 18.2 Å². The number of nitrogens with one attached hydrogen (secondary N) is 1. The van der Waals surface area contributed by atoms with Crippen molar-refractivity contribution in [3.63, 3.8) is 0 Å². The Bertz CT molecular complexity index is 617. The Hall–Kier alpha value is -2.12. The molecule has 0 radical (unpaired) electrons. The average Bonchev–Trinajstić information content (AvgIpc) is 2.71. The van der Waals surface area contributed by atoms with Crippen molar-refractivity contribution >= 4 is 11.9 Å². The van der Waals surface area contributed by atoms with Gasteiger partial charge in [0.25, 0.3) is 5.91 Å². The van der Waals surface area contributed by atoms with Crippen LogP contribution in [0.4, 0.5) is 4.79 Å². The van der Waals surface area contributed by atoms with Crippen molar-refractivity contribution in [2.45, 2.75) is 25.4 Å². The van der Waals surface area contributed by atoms with E-state index in [-0.39, 0.29) is 18.0 Å². The van der Waals surface area contributed by atoms with E-state index < -0.39 is 0 Å². The minimum absolute atomic E-state index is 0.0272. The third-order valence-electron chi connectivity index (χ3n) is 5.28. The van der Waals surface area contributed by atoms with Crippen LogP contribution in [0.1, 0.15) is 29.6 Å². The van der Waals surface area contributed by atoms with Crippen LogP contribution in [0, 0.1) is 0 Å². The Morgan fingerprint density at radius 2 is 1.74 bits per heavy atom. The normalized spacial score (nSPS) is 21.1. The molecule has 27 heavy (non-hydrogen) atoms. The molecule has 0 unspecified atom stereocenters. The fourth-order valence-electron chi connectivity index (χ4n) is 3.72. The standard InChI is InChI=1S/C20H30N4O3/c25-18-8-4-10-22(16-18)11-5-9-21-20(27)24-14-12-23(13-15-24)19(26)17-6-2-1-3-7-17/h1-3,6-7,18,25H,4-5,8-16H2,(H,21,27)/t18-/m1/s1. The quantitative estimate of drug-likeness (QED) is 0.754. The van der Waals surface area contributed by atoms with Crippen molar-refractivity contribution < 1.29 is 14.7 Å². The van der Waals surface area contributed by atoms with Gasteiger partial charge in [0.1, 0.15) is 0 Å². The number of nitrogens with zero attached hydrogens (tertiary/aromatic N) is 3. The summed E-state index contributed by atoms with van der Waals surface area (Å²) in [6.45, 7) is 5.55. The lowest BCUT2D eigenvalue weighted by Crippen LogP contribution is -2.53. The van der Waals surface area contributed by atoms with E-state index in [2.05, 4.69) is 10.2 Å². The SMILES string of the molecule is O=C(NCCCN1CCC[C@@H](O)C1)N1CCN(C(=O)c2ccccc2)CC1. The lowest BCUT2D eigenvalue weighted by Gasteiger charge is -2.35. The number of hydrogen-bond acceptors (Lipinski definition) is 4. The van der Waals surface area contributed by atoms with Gasteiger partial charge in [-0.3, -0.25) is 4.79 Å². The molecule has 7 nitrogen and oxygen atoms in total. The van der Waals surface area contributed by atoms with Gasteiger partial charge in [0, 0.05) is 44.8 Å². The van der Waals surface area contributed by atoms with Gasteiger partial charge in [-0.25, -0.2) is 4.79 Å². The summed E-state index contributed by atoms with van der Waals surface area (Å²) in [5.41, 5.74) is 0.693.